The molecule has 8 rings (SSSR count). The highest BCUT2D eigenvalue weighted by atomic mass is 35.5. The summed E-state index contributed by atoms with van der Waals surface area (Å²) in [6.07, 6.45) is 3.63. The van der Waals surface area contributed by atoms with Crippen molar-refractivity contribution < 1.29 is 18.9 Å². The molecule has 0 saturated carbocycles. The number of nitrogens with zero attached hydrogens (tertiary/aromatic N) is 2. The van der Waals surface area contributed by atoms with Gasteiger partial charge in [-0.1, -0.05) is 71.5 Å². The molecule has 0 saturated heterocycles. The van der Waals surface area contributed by atoms with Gasteiger partial charge in [-0.15, -0.1) is 0 Å². The number of halogens is 1. The van der Waals surface area contributed by atoms with Gasteiger partial charge in [0.25, 0.3) is 5.56 Å². The summed E-state index contributed by atoms with van der Waals surface area (Å²) in [6, 6.07) is 27.3. The van der Waals surface area contributed by atoms with E-state index in [1.165, 1.54) is 16.9 Å². The van der Waals surface area contributed by atoms with E-state index in [0.29, 0.717) is 38.2 Å². The number of aromatic nitrogens is 1. The summed E-state index contributed by atoms with van der Waals surface area (Å²) in [7, 11) is 1.61. The van der Waals surface area contributed by atoms with Crippen LogP contribution in [0.1, 0.15) is 40.3 Å². The maximum absolute atomic E-state index is 14.1. The SMILES string of the molecule is COc1cc(/C=c2/sc3n(c2=O)[C@@H](c2ccc(Cl)cc2)C2=C(N=3)c3ccccc3CC2)ccc1OCc1ccc2c(c1)OCO2. The van der Waals surface area contributed by atoms with Crippen molar-refractivity contribution in [1.82, 2.24) is 4.57 Å². The number of thiazole rings is 1. The Bertz CT molecular complexity index is 2180. The van der Waals surface area contributed by atoms with Crippen molar-refractivity contribution >= 4 is 34.7 Å². The maximum Gasteiger partial charge on any atom is 0.271 e. The normalized spacial score (nSPS) is 16.5. The van der Waals surface area contributed by atoms with Gasteiger partial charge in [-0.2, -0.15) is 0 Å². The number of fused-ring (bicyclic) bond motifs is 4. The van der Waals surface area contributed by atoms with Crippen LogP contribution in [0.2, 0.25) is 5.02 Å². The minimum Gasteiger partial charge on any atom is -0.493 e. The molecule has 7 nitrogen and oxygen atoms in total. The van der Waals surface area contributed by atoms with Crippen LogP contribution in [0.4, 0.5) is 0 Å². The van der Waals surface area contributed by atoms with E-state index >= 15 is 0 Å². The van der Waals surface area contributed by atoms with Crippen LogP contribution in [0.5, 0.6) is 23.0 Å². The summed E-state index contributed by atoms with van der Waals surface area (Å²) in [5.74, 6) is 2.62. The van der Waals surface area contributed by atoms with Crippen molar-refractivity contribution in [3.05, 3.63) is 143 Å². The van der Waals surface area contributed by atoms with Crippen molar-refractivity contribution in [2.24, 2.45) is 4.99 Å². The average Bonchev–Trinajstić information content (AvgIpc) is 3.67. The molecule has 0 N–H and O–H groups in total. The van der Waals surface area contributed by atoms with Crippen LogP contribution >= 0.6 is 22.9 Å². The molecule has 3 heterocycles. The number of allylic oxidation sites excluding steroid dienone is 1. The Morgan fingerprint density at radius 2 is 1.82 bits per heavy atom. The molecular weight excluding hydrogens is 608 g/mol. The van der Waals surface area contributed by atoms with Gasteiger partial charge in [-0.3, -0.25) is 9.36 Å². The molecular formula is C36H27ClN2O5S. The fraction of sp³-hybridized carbons (Fsp3) is 0.167. The molecule has 0 bridgehead atoms. The third-order valence-corrected chi connectivity index (χ3v) is 9.61. The van der Waals surface area contributed by atoms with Crippen LogP contribution in [0.15, 0.2) is 100 Å². The van der Waals surface area contributed by atoms with Gasteiger partial charge in [0.1, 0.15) is 6.61 Å². The highest BCUT2D eigenvalue weighted by Crippen LogP contribution is 2.41. The quantitative estimate of drug-likeness (QED) is 0.220. The summed E-state index contributed by atoms with van der Waals surface area (Å²) in [5.41, 5.74) is 7.25. The van der Waals surface area contributed by atoms with Crippen LogP contribution in [0.25, 0.3) is 11.8 Å². The van der Waals surface area contributed by atoms with Gasteiger partial charge in [0, 0.05) is 10.6 Å². The Hall–Kier alpha value is -4.79. The van der Waals surface area contributed by atoms with E-state index in [-0.39, 0.29) is 18.4 Å². The fourth-order valence-corrected chi connectivity index (χ4v) is 7.33. The maximum atomic E-state index is 14.1. The topological polar surface area (TPSA) is 71.3 Å². The lowest BCUT2D eigenvalue weighted by Crippen LogP contribution is -2.38. The van der Waals surface area contributed by atoms with E-state index in [1.54, 1.807) is 7.11 Å². The molecule has 4 aromatic carbocycles. The van der Waals surface area contributed by atoms with Gasteiger partial charge in [-0.05, 0) is 83.1 Å². The first kappa shape index (κ1) is 27.7. The molecule has 0 spiro atoms. The predicted molar refractivity (Wildman–Crippen MR) is 174 cm³/mol. The van der Waals surface area contributed by atoms with Crippen molar-refractivity contribution in [2.45, 2.75) is 25.5 Å². The Morgan fingerprint density at radius 1 is 0.978 bits per heavy atom. The second-order valence-corrected chi connectivity index (χ2v) is 12.5. The Kier molecular flexibility index (Phi) is 6.96. The lowest BCUT2D eigenvalue weighted by atomic mass is 9.83. The van der Waals surface area contributed by atoms with Gasteiger partial charge in [0.05, 0.1) is 23.4 Å². The Labute approximate surface area is 267 Å². The fourth-order valence-electron chi connectivity index (χ4n) is 6.20. The number of methoxy groups -OCH3 is 1. The first-order valence-corrected chi connectivity index (χ1v) is 15.8. The molecule has 1 aliphatic carbocycles. The van der Waals surface area contributed by atoms with E-state index < -0.39 is 0 Å². The second-order valence-electron chi connectivity index (χ2n) is 11.1. The highest BCUT2D eigenvalue weighted by molar-refractivity contribution is 7.07. The summed E-state index contributed by atoms with van der Waals surface area (Å²) < 4.78 is 25.1. The van der Waals surface area contributed by atoms with Gasteiger partial charge in [0.15, 0.2) is 27.8 Å². The zero-order valence-electron chi connectivity index (χ0n) is 24.3. The second kappa shape index (κ2) is 11.3. The van der Waals surface area contributed by atoms with Crippen molar-refractivity contribution in [2.75, 3.05) is 13.9 Å². The van der Waals surface area contributed by atoms with E-state index in [9.17, 15) is 4.79 Å². The van der Waals surface area contributed by atoms with Crippen LogP contribution in [-0.2, 0) is 13.0 Å². The summed E-state index contributed by atoms with van der Waals surface area (Å²) in [6.45, 7) is 0.564. The lowest BCUT2D eigenvalue weighted by molar-refractivity contribution is 0.174. The number of rotatable bonds is 6. The molecule has 9 heteroatoms. The zero-order valence-corrected chi connectivity index (χ0v) is 25.9. The molecule has 45 heavy (non-hydrogen) atoms. The molecule has 0 amide bonds. The smallest absolute Gasteiger partial charge is 0.271 e. The first-order valence-electron chi connectivity index (χ1n) is 14.6. The van der Waals surface area contributed by atoms with Gasteiger partial charge in [0.2, 0.25) is 6.79 Å². The first-order chi connectivity index (χ1) is 22.1. The van der Waals surface area contributed by atoms with E-state index in [1.807, 2.05) is 77.4 Å². The van der Waals surface area contributed by atoms with Crippen LogP contribution in [-0.4, -0.2) is 18.5 Å². The molecule has 0 unspecified atom stereocenters. The third-order valence-electron chi connectivity index (χ3n) is 8.38. The lowest BCUT2D eigenvalue weighted by Gasteiger charge is -2.30. The van der Waals surface area contributed by atoms with Crippen LogP contribution < -0.4 is 33.8 Å². The molecule has 1 atom stereocenters. The molecule has 224 valence electrons. The van der Waals surface area contributed by atoms with Crippen LogP contribution in [0.3, 0.4) is 0 Å². The van der Waals surface area contributed by atoms with E-state index in [4.69, 9.17) is 35.5 Å². The summed E-state index contributed by atoms with van der Waals surface area (Å²) in [5, 5.41) is 0.659. The van der Waals surface area contributed by atoms with Gasteiger partial charge < -0.3 is 18.9 Å². The zero-order chi connectivity index (χ0) is 30.5. The average molecular weight is 635 g/mol. The van der Waals surface area contributed by atoms with Crippen molar-refractivity contribution in [3.8, 4) is 23.0 Å². The molecule has 5 aromatic rings. The minimum absolute atomic E-state index is 0.0776. The van der Waals surface area contributed by atoms with Gasteiger partial charge >= 0.3 is 0 Å². The largest absolute Gasteiger partial charge is 0.493 e. The number of hydrogen-bond acceptors (Lipinski definition) is 7. The monoisotopic (exact) mass is 634 g/mol. The van der Waals surface area contributed by atoms with E-state index in [2.05, 4.69) is 18.2 Å². The van der Waals surface area contributed by atoms with Gasteiger partial charge in [-0.25, -0.2) is 4.99 Å². The summed E-state index contributed by atoms with van der Waals surface area (Å²) >= 11 is 7.65. The Balaban J connectivity index is 1.17. The highest BCUT2D eigenvalue weighted by Gasteiger charge is 2.32. The van der Waals surface area contributed by atoms with Crippen molar-refractivity contribution in [3.63, 3.8) is 0 Å². The number of aryl methyl sites for hydroxylation is 1. The van der Waals surface area contributed by atoms with E-state index in [0.717, 1.165) is 52.1 Å². The van der Waals surface area contributed by atoms with Crippen molar-refractivity contribution in [1.29, 1.82) is 0 Å². The molecule has 0 fully saturated rings. The standard InChI is InChI=1S/C36H27ClN2O5S/c1-41-30-16-21(6-14-28(30)42-19-22-7-15-29-31(17-22)44-20-43-29)18-32-35(40)39-34(24-8-11-25(37)12-9-24)27-13-10-23-4-2-3-5-26(23)33(27)38-36(39)45-32/h2-9,11-12,14-18,34H,10,13,19-20H2,1H3/b32-18+/t34-/m0/s1. The number of ether oxygens (including phenoxy) is 4. The molecule has 2 aliphatic heterocycles. The minimum atomic E-state index is -0.259. The Morgan fingerprint density at radius 3 is 2.69 bits per heavy atom. The molecule has 0 radical (unpaired) electrons. The predicted octanol–water partition coefficient (Wildman–Crippen LogP) is 6.29. The summed E-state index contributed by atoms with van der Waals surface area (Å²) in [4.78, 5) is 19.9. The molecule has 1 aromatic heterocycles. The molecule has 3 aliphatic rings. The number of hydrogen-bond donors (Lipinski definition) is 0. The number of benzene rings is 4. The van der Waals surface area contributed by atoms with Crippen LogP contribution in [0, 0.1) is 0 Å². The third kappa shape index (κ3) is 5.00.